The summed E-state index contributed by atoms with van der Waals surface area (Å²) in [7, 11) is -2.07. The third kappa shape index (κ3) is 5.25. The van der Waals surface area contributed by atoms with Crippen molar-refractivity contribution in [3.05, 3.63) is 27.7 Å². The topological polar surface area (TPSA) is 110 Å². The van der Waals surface area contributed by atoms with Gasteiger partial charge in [0.2, 0.25) is 0 Å². The molecule has 1 amide bonds. The zero-order valence-corrected chi connectivity index (χ0v) is 15.3. The average molecular weight is 398 g/mol. The lowest BCUT2D eigenvalue weighted by molar-refractivity contribution is -0.139. The summed E-state index contributed by atoms with van der Waals surface area (Å²) in [4.78, 5) is 23.6. The first-order chi connectivity index (χ1) is 11.1. The van der Waals surface area contributed by atoms with Crippen molar-refractivity contribution in [2.75, 3.05) is 18.6 Å². The molecule has 134 valence electrons. The van der Waals surface area contributed by atoms with E-state index in [0.29, 0.717) is 0 Å². The van der Waals surface area contributed by atoms with Gasteiger partial charge in [-0.3, -0.25) is 4.79 Å². The maximum absolute atomic E-state index is 12.4. The van der Waals surface area contributed by atoms with E-state index < -0.39 is 27.8 Å². The predicted molar refractivity (Wildman–Crippen MR) is 90.8 cm³/mol. The number of hydrogen-bond acceptors (Lipinski definition) is 5. The van der Waals surface area contributed by atoms with Gasteiger partial charge in [0.05, 0.1) is 22.9 Å². The van der Waals surface area contributed by atoms with Crippen molar-refractivity contribution in [1.29, 1.82) is 0 Å². The lowest BCUT2D eigenvalue weighted by Gasteiger charge is -2.17. The first kappa shape index (κ1) is 20.5. The molecule has 0 aromatic heterocycles. The van der Waals surface area contributed by atoms with Crippen molar-refractivity contribution in [3.8, 4) is 5.75 Å². The number of carbonyl (C=O) groups excluding carboxylic acids is 1. The highest BCUT2D eigenvalue weighted by Crippen LogP contribution is 2.33. The molecule has 1 rings (SSSR count). The van der Waals surface area contributed by atoms with Crippen LogP contribution in [0.25, 0.3) is 0 Å². The standard InChI is InChI=1S/C14H17Cl2NO6S/c1-3-24(21,22)7-6-10(14(19)20)17-13(18)11-8(15)4-5-9(16)12(11)23-2/h4-5,10H,3,6-7H2,1-2H3,(H,17,18)(H,19,20). The van der Waals surface area contributed by atoms with E-state index in [-0.39, 0.29) is 39.3 Å². The van der Waals surface area contributed by atoms with Gasteiger partial charge in [0.1, 0.15) is 21.4 Å². The molecule has 0 aliphatic rings. The Balaban J connectivity index is 3.03. The summed E-state index contributed by atoms with van der Waals surface area (Å²) in [6, 6.07) is 1.42. The number of amides is 1. The lowest BCUT2D eigenvalue weighted by Crippen LogP contribution is -2.42. The van der Waals surface area contributed by atoms with Crippen molar-refractivity contribution in [2.24, 2.45) is 0 Å². The molecule has 0 aliphatic heterocycles. The van der Waals surface area contributed by atoms with Gasteiger partial charge in [0, 0.05) is 5.75 Å². The van der Waals surface area contributed by atoms with Gasteiger partial charge in [0.15, 0.2) is 5.75 Å². The van der Waals surface area contributed by atoms with Crippen LogP contribution >= 0.6 is 23.2 Å². The molecule has 1 aromatic rings. The maximum atomic E-state index is 12.4. The SMILES string of the molecule is CCS(=O)(=O)CCC(NC(=O)c1c(Cl)ccc(Cl)c1OC)C(=O)O. The normalized spacial score (nSPS) is 12.5. The molecule has 1 aromatic carbocycles. The van der Waals surface area contributed by atoms with E-state index >= 15 is 0 Å². The molecule has 2 N–H and O–H groups in total. The van der Waals surface area contributed by atoms with E-state index in [0.717, 1.165) is 0 Å². The first-order valence-electron chi connectivity index (χ1n) is 6.89. The van der Waals surface area contributed by atoms with Gasteiger partial charge in [-0.25, -0.2) is 13.2 Å². The predicted octanol–water partition coefficient (Wildman–Crippen LogP) is 2.01. The fraction of sp³-hybridized carbons (Fsp3) is 0.429. The first-order valence-corrected chi connectivity index (χ1v) is 9.46. The number of carboxylic acid groups (broad SMARTS) is 1. The highest BCUT2D eigenvalue weighted by molar-refractivity contribution is 7.91. The molecule has 0 saturated heterocycles. The number of ether oxygens (including phenoxy) is 1. The van der Waals surface area contributed by atoms with Crippen molar-refractivity contribution < 1.29 is 27.9 Å². The fourth-order valence-electron chi connectivity index (χ4n) is 1.87. The number of hydrogen-bond donors (Lipinski definition) is 2. The summed E-state index contributed by atoms with van der Waals surface area (Å²) < 4.78 is 28.1. The molecule has 0 saturated carbocycles. The van der Waals surface area contributed by atoms with Gasteiger partial charge >= 0.3 is 5.97 Å². The third-order valence-electron chi connectivity index (χ3n) is 3.25. The molecular formula is C14H17Cl2NO6S. The average Bonchev–Trinajstić information content (AvgIpc) is 2.52. The molecule has 24 heavy (non-hydrogen) atoms. The summed E-state index contributed by atoms with van der Waals surface area (Å²) in [5, 5.41) is 11.6. The van der Waals surface area contributed by atoms with Gasteiger partial charge in [0.25, 0.3) is 5.91 Å². The minimum Gasteiger partial charge on any atom is -0.494 e. The van der Waals surface area contributed by atoms with Crippen LogP contribution < -0.4 is 10.1 Å². The number of rotatable bonds is 8. The number of methoxy groups -OCH3 is 1. The van der Waals surface area contributed by atoms with Crippen LogP contribution in [0.1, 0.15) is 23.7 Å². The van der Waals surface area contributed by atoms with E-state index in [1.807, 2.05) is 0 Å². The van der Waals surface area contributed by atoms with Gasteiger partial charge in [-0.15, -0.1) is 0 Å². The Labute approximate surface area is 149 Å². The Morgan fingerprint density at radius 3 is 2.38 bits per heavy atom. The summed E-state index contributed by atoms with van der Waals surface area (Å²) in [6.45, 7) is 1.46. The number of benzene rings is 1. The van der Waals surface area contributed by atoms with Crippen LogP contribution in [0.5, 0.6) is 5.75 Å². The highest BCUT2D eigenvalue weighted by atomic mass is 35.5. The summed E-state index contributed by atoms with van der Waals surface area (Å²) in [5.74, 6) is -2.64. The minimum atomic E-state index is -3.36. The van der Waals surface area contributed by atoms with Crippen molar-refractivity contribution in [3.63, 3.8) is 0 Å². The zero-order chi connectivity index (χ0) is 18.5. The van der Waals surface area contributed by atoms with E-state index in [2.05, 4.69) is 5.32 Å². The Morgan fingerprint density at radius 1 is 1.29 bits per heavy atom. The molecule has 7 nitrogen and oxygen atoms in total. The number of carbonyl (C=O) groups is 2. The number of halogens is 2. The van der Waals surface area contributed by atoms with Crippen molar-refractivity contribution in [1.82, 2.24) is 5.32 Å². The molecule has 0 aliphatic carbocycles. The Kier molecular flexibility index (Phi) is 7.31. The third-order valence-corrected chi connectivity index (χ3v) is 5.60. The smallest absolute Gasteiger partial charge is 0.326 e. The highest BCUT2D eigenvalue weighted by Gasteiger charge is 2.26. The molecule has 10 heteroatoms. The molecule has 1 atom stereocenters. The quantitative estimate of drug-likeness (QED) is 0.693. The molecule has 0 spiro atoms. The number of sulfone groups is 1. The van der Waals surface area contributed by atoms with E-state index in [1.165, 1.54) is 26.2 Å². The maximum Gasteiger partial charge on any atom is 0.326 e. The minimum absolute atomic E-state index is 0.00647. The summed E-state index contributed by atoms with van der Waals surface area (Å²) in [5.41, 5.74) is -0.115. The van der Waals surface area contributed by atoms with E-state index in [1.54, 1.807) is 0 Å². The molecule has 0 fully saturated rings. The van der Waals surface area contributed by atoms with Crippen LogP contribution in [-0.4, -0.2) is 50.1 Å². The van der Waals surface area contributed by atoms with Crippen LogP contribution in [0.4, 0.5) is 0 Å². The zero-order valence-electron chi connectivity index (χ0n) is 13.0. The van der Waals surface area contributed by atoms with E-state index in [4.69, 9.17) is 27.9 Å². The second kappa shape index (κ2) is 8.55. The van der Waals surface area contributed by atoms with Crippen LogP contribution in [0.3, 0.4) is 0 Å². The Morgan fingerprint density at radius 2 is 1.88 bits per heavy atom. The summed E-state index contributed by atoms with van der Waals surface area (Å²) in [6.07, 6.45) is -0.266. The van der Waals surface area contributed by atoms with E-state index in [9.17, 15) is 23.1 Å². The number of carboxylic acids is 1. The lowest BCUT2D eigenvalue weighted by atomic mass is 10.1. The van der Waals surface area contributed by atoms with Gasteiger partial charge in [-0.1, -0.05) is 30.1 Å². The van der Waals surface area contributed by atoms with Crippen LogP contribution in [0, 0.1) is 0 Å². The van der Waals surface area contributed by atoms with Gasteiger partial charge < -0.3 is 15.2 Å². The van der Waals surface area contributed by atoms with Gasteiger partial charge in [-0.05, 0) is 18.6 Å². The van der Waals surface area contributed by atoms with Crippen LogP contribution in [0.15, 0.2) is 12.1 Å². The molecule has 0 heterocycles. The van der Waals surface area contributed by atoms with Crippen molar-refractivity contribution in [2.45, 2.75) is 19.4 Å². The second-order valence-corrected chi connectivity index (χ2v) is 8.11. The Bertz CT molecular complexity index is 735. The largest absolute Gasteiger partial charge is 0.494 e. The summed E-state index contributed by atoms with van der Waals surface area (Å²) >= 11 is 11.9. The molecule has 0 radical (unpaired) electrons. The Hall–Kier alpha value is -1.51. The number of aliphatic carboxylic acids is 1. The molecular weight excluding hydrogens is 381 g/mol. The van der Waals surface area contributed by atoms with Crippen LogP contribution in [0.2, 0.25) is 10.0 Å². The molecule has 0 bridgehead atoms. The van der Waals surface area contributed by atoms with Crippen molar-refractivity contribution >= 4 is 44.9 Å². The molecule has 1 unspecified atom stereocenters. The van der Waals surface area contributed by atoms with Crippen LogP contribution in [-0.2, 0) is 14.6 Å². The van der Waals surface area contributed by atoms with Gasteiger partial charge in [-0.2, -0.15) is 0 Å². The fourth-order valence-corrected chi connectivity index (χ4v) is 3.23. The number of nitrogens with one attached hydrogen (secondary N) is 1. The second-order valence-electron chi connectivity index (χ2n) is 4.83. The monoisotopic (exact) mass is 397 g/mol.